The van der Waals surface area contributed by atoms with Gasteiger partial charge in [-0.15, -0.1) is 0 Å². The SMILES string of the molecule is CN(CC1CCC1)C(=O)c1sc(N2CCNCC2)nc1N. The van der Waals surface area contributed by atoms with Crippen LogP contribution >= 0.6 is 11.3 Å². The van der Waals surface area contributed by atoms with Crippen LogP contribution in [-0.4, -0.2) is 55.6 Å². The molecule has 0 bridgehead atoms. The van der Waals surface area contributed by atoms with Crippen molar-refractivity contribution in [3.63, 3.8) is 0 Å². The van der Waals surface area contributed by atoms with E-state index in [0.717, 1.165) is 37.9 Å². The zero-order chi connectivity index (χ0) is 14.8. The van der Waals surface area contributed by atoms with Crippen LogP contribution < -0.4 is 16.0 Å². The van der Waals surface area contributed by atoms with Crippen molar-refractivity contribution in [1.29, 1.82) is 0 Å². The zero-order valence-corrected chi connectivity index (χ0v) is 13.3. The van der Waals surface area contributed by atoms with E-state index < -0.39 is 0 Å². The van der Waals surface area contributed by atoms with Gasteiger partial charge in [-0.05, 0) is 18.8 Å². The van der Waals surface area contributed by atoms with Crippen LogP contribution in [0.4, 0.5) is 10.9 Å². The summed E-state index contributed by atoms with van der Waals surface area (Å²) in [6.07, 6.45) is 3.77. The third-order valence-electron chi connectivity index (χ3n) is 4.33. The molecule has 6 nitrogen and oxygen atoms in total. The van der Waals surface area contributed by atoms with Crippen LogP contribution in [0.2, 0.25) is 0 Å². The van der Waals surface area contributed by atoms with Gasteiger partial charge in [-0.25, -0.2) is 4.98 Å². The maximum absolute atomic E-state index is 12.5. The number of carbonyl (C=O) groups excluding carboxylic acids is 1. The zero-order valence-electron chi connectivity index (χ0n) is 12.5. The lowest BCUT2D eigenvalue weighted by Crippen LogP contribution is -2.43. The molecule has 0 aromatic carbocycles. The number of hydrogen-bond acceptors (Lipinski definition) is 6. The number of thiazole rings is 1. The second kappa shape index (κ2) is 6.19. The summed E-state index contributed by atoms with van der Waals surface area (Å²) >= 11 is 1.43. The van der Waals surface area contributed by atoms with E-state index in [9.17, 15) is 4.79 Å². The molecule has 1 amide bonds. The summed E-state index contributed by atoms with van der Waals surface area (Å²) in [5.74, 6) is 1.05. The van der Waals surface area contributed by atoms with Gasteiger partial charge in [0, 0.05) is 39.8 Å². The van der Waals surface area contributed by atoms with Gasteiger partial charge >= 0.3 is 0 Å². The quantitative estimate of drug-likeness (QED) is 0.868. The van der Waals surface area contributed by atoms with Crippen molar-refractivity contribution in [2.75, 3.05) is 50.4 Å². The Morgan fingerprint density at radius 1 is 1.48 bits per heavy atom. The Hall–Kier alpha value is -1.34. The Morgan fingerprint density at radius 2 is 2.19 bits per heavy atom. The number of hydrogen-bond donors (Lipinski definition) is 2. The number of amides is 1. The summed E-state index contributed by atoms with van der Waals surface area (Å²) in [5.41, 5.74) is 5.97. The van der Waals surface area contributed by atoms with Gasteiger partial charge in [-0.1, -0.05) is 17.8 Å². The fraction of sp³-hybridized carbons (Fsp3) is 0.714. The van der Waals surface area contributed by atoms with Crippen LogP contribution in [0.1, 0.15) is 28.9 Å². The van der Waals surface area contributed by atoms with Crippen molar-refractivity contribution in [3.05, 3.63) is 4.88 Å². The molecule has 21 heavy (non-hydrogen) atoms. The van der Waals surface area contributed by atoms with Crippen molar-refractivity contribution < 1.29 is 4.79 Å². The minimum atomic E-state index is 0.0123. The van der Waals surface area contributed by atoms with Crippen molar-refractivity contribution in [3.8, 4) is 0 Å². The number of nitrogens with one attached hydrogen (secondary N) is 1. The van der Waals surface area contributed by atoms with Crippen molar-refractivity contribution in [2.45, 2.75) is 19.3 Å². The molecule has 3 N–H and O–H groups in total. The Bertz CT molecular complexity index is 507. The van der Waals surface area contributed by atoms with E-state index in [1.54, 1.807) is 4.90 Å². The summed E-state index contributed by atoms with van der Waals surface area (Å²) in [6.45, 7) is 4.56. The minimum absolute atomic E-state index is 0.0123. The maximum Gasteiger partial charge on any atom is 0.267 e. The lowest BCUT2D eigenvalue weighted by Gasteiger charge is -2.30. The average Bonchev–Trinajstić information content (AvgIpc) is 2.85. The molecule has 1 aromatic rings. The predicted molar refractivity (Wildman–Crippen MR) is 85.9 cm³/mol. The molecule has 1 aliphatic carbocycles. The predicted octanol–water partition coefficient (Wildman–Crippen LogP) is 1.01. The molecule has 1 saturated heterocycles. The number of piperazine rings is 1. The first-order valence-electron chi connectivity index (χ1n) is 7.62. The molecule has 1 aromatic heterocycles. The minimum Gasteiger partial charge on any atom is -0.382 e. The molecular weight excluding hydrogens is 286 g/mol. The van der Waals surface area contributed by atoms with Crippen molar-refractivity contribution in [2.24, 2.45) is 5.92 Å². The number of nitrogens with two attached hydrogens (primary N) is 1. The molecule has 2 heterocycles. The van der Waals surface area contributed by atoms with E-state index in [2.05, 4.69) is 15.2 Å². The number of anilines is 2. The molecule has 1 aliphatic heterocycles. The molecule has 0 radical (unpaired) electrons. The highest BCUT2D eigenvalue weighted by atomic mass is 32.1. The highest BCUT2D eigenvalue weighted by Crippen LogP contribution is 2.31. The number of nitrogen functional groups attached to an aromatic ring is 1. The fourth-order valence-corrected chi connectivity index (χ4v) is 3.82. The Morgan fingerprint density at radius 3 is 2.81 bits per heavy atom. The third-order valence-corrected chi connectivity index (χ3v) is 5.45. The van der Waals surface area contributed by atoms with Gasteiger partial charge in [0.1, 0.15) is 10.7 Å². The monoisotopic (exact) mass is 309 g/mol. The number of aromatic nitrogens is 1. The van der Waals surface area contributed by atoms with E-state index in [0.29, 0.717) is 16.6 Å². The molecule has 2 fully saturated rings. The van der Waals surface area contributed by atoms with Gasteiger partial charge < -0.3 is 20.9 Å². The highest BCUT2D eigenvalue weighted by Gasteiger charge is 2.26. The normalized spacial score (nSPS) is 19.4. The summed E-state index contributed by atoms with van der Waals surface area (Å²) in [5, 5.41) is 4.18. The molecule has 1 saturated carbocycles. The Balaban J connectivity index is 1.68. The van der Waals surface area contributed by atoms with Crippen LogP contribution in [0, 0.1) is 5.92 Å². The number of rotatable bonds is 4. The highest BCUT2D eigenvalue weighted by molar-refractivity contribution is 7.18. The van der Waals surface area contributed by atoms with Crippen LogP contribution in [0.25, 0.3) is 0 Å². The van der Waals surface area contributed by atoms with Crippen molar-refractivity contribution in [1.82, 2.24) is 15.2 Å². The Kier molecular flexibility index (Phi) is 4.30. The second-order valence-corrected chi connectivity index (χ2v) is 6.91. The van der Waals surface area contributed by atoms with E-state index in [-0.39, 0.29) is 5.91 Å². The fourth-order valence-electron chi connectivity index (χ4n) is 2.78. The summed E-state index contributed by atoms with van der Waals surface area (Å²) in [4.78, 5) is 21.5. The van der Waals surface area contributed by atoms with Crippen LogP contribution in [0.5, 0.6) is 0 Å². The number of nitrogens with zero attached hydrogens (tertiary/aromatic N) is 3. The van der Waals surface area contributed by atoms with E-state index >= 15 is 0 Å². The standard InChI is InChI=1S/C14H23N5OS/c1-18(9-10-3-2-4-10)13(20)11-12(15)17-14(21-11)19-7-5-16-6-8-19/h10,16H,2-9,15H2,1H3. The summed E-state index contributed by atoms with van der Waals surface area (Å²) < 4.78 is 0. The number of carbonyl (C=O) groups is 1. The molecule has 7 heteroatoms. The first-order valence-corrected chi connectivity index (χ1v) is 8.44. The molecular formula is C14H23N5OS. The first kappa shape index (κ1) is 14.6. The van der Waals surface area contributed by atoms with E-state index in [1.165, 1.54) is 30.6 Å². The summed E-state index contributed by atoms with van der Waals surface area (Å²) in [6, 6.07) is 0. The first-order chi connectivity index (χ1) is 10.1. The molecule has 116 valence electrons. The molecule has 0 atom stereocenters. The van der Waals surface area contributed by atoms with Crippen LogP contribution in [0.15, 0.2) is 0 Å². The van der Waals surface area contributed by atoms with Gasteiger partial charge in [-0.2, -0.15) is 0 Å². The van der Waals surface area contributed by atoms with Gasteiger partial charge in [0.05, 0.1) is 0 Å². The largest absolute Gasteiger partial charge is 0.382 e. The van der Waals surface area contributed by atoms with Gasteiger partial charge in [-0.3, -0.25) is 4.79 Å². The van der Waals surface area contributed by atoms with Crippen molar-refractivity contribution >= 4 is 28.2 Å². The smallest absolute Gasteiger partial charge is 0.267 e. The van der Waals surface area contributed by atoms with Crippen LogP contribution in [0.3, 0.4) is 0 Å². The topological polar surface area (TPSA) is 74.5 Å². The molecule has 2 aliphatic rings. The van der Waals surface area contributed by atoms with Gasteiger partial charge in [0.15, 0.2) is 5.13 Å². The molecule has 3 rings (SSSR count). The summed E-state index contributed by atoms with van der Waals surface area (Å²) in [7, 11) is 1.87. The van der Waals surface area contributed by atoms with E-state index in [4.69, 9.17) is 5.73 Å². The van der Waals surface area contributed by atoms with E-state index in [1.807, 2.05) is 7.05 Å². The third kappa shape index (κ3) is 3.13. The lowest BCUT2D eigenvalue weighted by atomic mass is 9.85. The molecule has 0 spiro atoms. The van der Waals surface area contributed by atoms with Gasteiger partial charge in [0.25, 0.3) is 5.91 Å². The Labute approximate surface area is 129 Å². The lowest BCUT2D eigenvalue weighted by molar-refractivity contribution is 0.0751. The molecule has 0 unspecified atom stereocenters. The second-order valence-electron chi connectivity index (χ2n) is 5.93. The van der Waals surface area contributed by atoms with Crippen LogP contribution in [-0.2, 0) is 0 Å². The van der Waals surface area contributed by atoms with Gasteiger partial charge in [0.2, 0.25) is 0 Å². The maximum atomic E-state index is 12.5. The average molecular weight is 309 g/mol.